The quantitative estimate of drug-likeness (QED) is 0.578. The summed E-state index contributed by atoms with van der Waals surface area (Å²) in [5.41, 5.74) is -1.30. The molecule has 3 unspecified atom stereocenters. The Balaban J connectivity index is 2.07. The molecule has 6 nitrogen and oxygen atoms in total. The lowest BCUT2D eigenvalue weighted by molar-refractivity contribution is -0.214. The molecule has 0 aromatic carbocycles. The van der Waals surface area contributed by atoms with E-state index in [1.807, 2.05) is 0 Å². The van der Waals surface area contributed by atoms with Gasteiger partial charge in [0.05, 0.1) is 19.3 Å². The number of hydrogen-bond acceptors (Lipinski definition) is 6. The SMILES string of the molecule is CC1(C)OC2[C@H](OCC2(O)CC(O)CO)O1. The summed E-state index contributed by atoms with van der Waals surface area (Å²) in [6, 6.07) is 0. The fraction of sp³-hybridized carbons (Fsp3) is 1.00. The molecule has 0 bridgehead atoms. The van der Waals surface area contributed by atoms with Crippen LogP contribution in [0.15, 0.2) is 0 Å². The zero-order chi connectivity index (χ0) is 12.0. The average molecular weight is 234 g/mol. The van der Waals surface area contributed by atoms with E-state index >= 15 is 0 Å². The van der Waals surface area contributed by atoms with Gasteiger partial charge in [-0.3, -0.25) is 0 Å². The summed E-state index contributed by atoms with van der Waals surface area (Å²) in [5, 5.41) is 28.4. The van der Waals surface area contributed by atoms with Crippen molar-refractivity contribution in [2.45, 2.75) is 50.2 Å². The number of aliphatic hydroxyl groups is 3. The molecule has 0 radical (unpaired) electrons. The zero-order valence-electron chi connectivity index (χ0n) is 9.42. The third kappa shape index (κ3) is 2.09. The lowest BCUT2D eigenvalue weighted by Crippen LogP contribution is -2.47. The van der Waals surface area contributed by atoms with Crippen molar-refractivity contribution in [1.82, 2.24) is 0 Å². The minimum absolute atomic E-state index is 0.00407. The Kier molecular flexibility index (Phi) is 2.98. The summed E-state index contributed by atoms with van der Waals surface area (Å²) < 4.78 is 16.3. The summed E-state index contributed by atoms with van der Waals surface area (Å²) in [5.74, 6) is -0.798. The predicted octanol–water partition coefficient (Wildman–Crippen LogP) is -1.03. The van der Waals surface area contributed by atoms with Crippen molar-refractivity contribution in [2.75, 3.05) is 13.2 Å². The van der Waals surface area contributed by atoms with Crippen molar-refractivity contribution in [3.63, 3.8) is 0 Å². The molecule has 2 fully saturated rings. The first-order chi connectivity index (χ1) is 7.36. The Morgan fingerprint density at radius 3 is 2.69 bits per heavy atom. The van der Waals surface area contributed by atoms with E-state index in [0.717, 1.165) is 0 Å². The molecule has 16 heavy (non-hydrogen) atoms. The normalized spacial score (nSPS) is 43.3. The van der Waals surface area contributed by atoms with E-state index in [0.29, 0.717) is 0 Å². The molecule has 2 aliphatic rings. The second kappa shape index (κ2) is 3.90. The summed E-state index contributed by atoms with van der Waals surface area (Å²) >= 11 is 0. The van der Waals surface area contributed by atoms with Crippen LogP contribution in [-0.2, 0) is 14.2 Å². The highest BCUT2D eigenvalue weighted by atomic mass is 16.8. The van der Waals surface area contributed by atoms with E-state index in [1.165, 1.54) is 0 Å². The van der Waals surface area contributed by atoms with Gasteiger partial charge in [-0.2, -0.15) is 0 Å². The first-order valence-electron chi connectivity index (χ1n) is 5.35. The molecule has 6 heteroatoms. The van der Waals surface area contributed by atoms with Gasteiger partial charge in [0.25, 0.3) is 0 Å². The number of ether oxygens (including phenoxy) is 3. The maximum Gasteiger partial charge on any atom is 0.190 e. The summed E-state index contributed by atoms with van der Waals surface area (Å²) in [4.78, 5) is 0. The molecule has 2 rings (SSSR count). The van der Waals surface area contributed by atoms with Crippen LogP contribution in [0.25, 0.3) is 0 Å². The van der Waals surface area contributed by atoms with Crippen LogP contribution in [0, 0.1) is 0 Å². The molecule has 0 amide bonds. The van der Waals surface area contributed by atoms with Crippen molar-refractivity contribution in [1.29, 1.82) is 0 Å². The van der Waals surface area contributed by atoms with Crippen molar-refractivity contribution < 1.29 is 29.5 Å². The summed E-state index contributed by atoms with van der Waals surface area (Å²) in [7, 11) is 0. The highest BCUT2D eigenvalue weighted by molar-refractivity contribution is 5.00. The molecule has 4 atom stereocenters. The maximum atomic E-state index is 10.3. The van der Waals surface area contributed by atoms with Crippen LogP contribution in [0.1, 0.15) is 20.3 Å². The van der Waals surface area contributed by atoms with Crippen LogP contribution in [0.2, 0.25) is 0 Å². The van der Waals surface area contributed by atoms with Gasteiger partial charge in [-0.25, -0.2) is 0 Å². The fourth-order valence-corrected chi connectivity index (χ4v) is 2.17. The molecular formula is C10H18O6. The largest absolute Gasteiger partial charge is 0.394 e. The molecule has 2 aliphatic heterocycles. The van der Waals surface area contributed by atoms with E-state index in [4.69, 9.17) is 19.3 Å². The second-order valence-electron chi connectivity index (χ2n) is 4.88. The van der Waals surface area contributed by atoms with Crippen LogP contribution >= 0.6 is 0 Å². The van der Waals surface area contributed by atoms with Gasteiger partial charge in [0.1, 0.15) is 11.7 Å². The van der Waals surface area contributed by atoms with Gasteiger partial charge < -0.3 is 29.5 Å². The Morgan fingerprint density at radius 1 is 1.38 bits per heavy atom. The summed E-state index contributed by atoms with van der Waals surface area (Å²) in [6.45, 7) is 3.11. The second-order valence-corrected chi connectivity index (χ2v) is 4.88. The van der Waals surface area contributed by atoms with Gasteiger partial charge in [0.15, 0.2) is 12.1 Å². The van der Waals surface area contributed by atoms with Crippen LogP contribution in [-0.4, -0.2) is 58.4 Å². The molecular weight excluding hydrogens is 216 g/mol. The highest BCUT2D eigenvalue weighted by Gasteiger charge is 2.58. The van der Waals surface area contributed by atoms with Crippen LogP contribution in [0.5, 0.6) is 0 Å². The topological polar surface area (TPSA) is 88.4 Å². The Hall–Kier alpha value is -0.240. The van der Waals surface area contributed by atoms with E-state index < -0.39 is 36.5 Å². The molecule has 2 heterocycles. The Labute approximate surface area is 93.7 Å². The smallest absolute Gasteiger partial charge is 0.190 e. The standard InChI is InChI=1S/C10H18O6/c1-9(2)15-7-8(16-9)14-5-10(7,13)3-6(12)4-11/h6-8,11-13H,3-5H2,1-2H3/t6?,7?,8-,10?/m1/s1. The number of aliphatic hydroxyl groups excluding tert-OH is 2. The number of hydrogen-bond donors (Lipinski definition) is 3. The molecule has 0 aromatic heterocycles. The van der Waals surface area contributed by atoms with E-state index in [1.54, 1.807) is 13.8 Å². The molecule has 2 saturated heterocycles. The first-order valence-corrected chi connectivity index (χ1v) is 5.35. The molecule has 3 N–H and O–H groups in total. The molecule has 0 aliphatic carbocycles. The third-order valence-electron chi connectivity index (χ3n) is 2.88. The van der Waals surface area contributed by atoms with Gasteiger partial charge in [0, 0.05) is 6.42 Å². The predicted molar refractivity (Wildman–Crippen MR) is 52.4 cm³/mol. The van der Waals surface area contributed by atoms with Gasteiger partial charge in [-0.05, 0) is 13.8 Å². The van der Waals surface area contributed by atoms with E-state index in [-0.39, 0.29) is 13.0 Å². The zero-order valence-corrected chi connectivity index (χ0v) is 9.42. The maximum absolute atomic E-state index is 10.3. The van der Waals surface area contributed by atoms with E-state index in [9.17, 15) is 10.2 Å². The van der Waals surface area contributed by atoms with E-state index in [2.05, 4.69) is 0 Å². The number of rotatable bonds is 3. The summed E-state index contributed by atoms with van der Waals surface area (Å²) in [6.07, 6.45) is -2.21. The van der Waals surface area contributed by atoms with Gasteiger partial charge >= 0.3 is 0 Å². The van der Waals surface area contributed by atoms with Gasteiger partial charge in [-0.1, -0.05) is 0 Å². The van der Waals surface area contributed by atoms with Gasteiger partial charge in [-0.15, -0.1) is 0 Å². The monoisotopic (exact) mass is 234 g/mol. The molecule has 0 aromatic rings. The minimum Gasteiger partial charge on any atom is -0.394 e. The van der Waals surface area contributed by atoms with Crippen molar-refractivity contribution in [2.24, 2.45) is 0 Å². The third-order valence-corrected chi connectivity index (χ3v) is 2.88. The highest BCUT2D eigenvalue weighted by Crippen LogP contribution is 2.41. The van der Waals surface area contributed by atoms with Crippen molar-refractivity contribution in [3.8, 4) is 0 Å². The molecule has 0 saturated carbocycles. The van der Waals surface area contributed by atoms with Crippen molar-refractivity contribution in [3.05, 3.63) is 0 Å². The lowest BCUT2D eigenvalue weighted by atomic mass is 9.92. The van der Waals surface area contributed by atoms with Gasteiger partial charge in [0.2, 0.25) is 0 Å². The van der Waals surface area contributed by atoms with Crippen LogP contribution < -0.4 is 0 Å². The lowest BCUT2D eigenvalue weighted by Gasteiger charge is -2.29. The Morgan fingerprint density at radius 2 is 2.06 bits per heavy atom. The molecule has 94 valence electrons. The van der Waals surface area contributed by atoms with Crippen LogP contribution in [0.3, 0.4) is 0 Å². The Bertz CT molecular complexity index is 268. The average Bonchev–Trinajstić information content (AvgIpc) is 2.63. The van der Waals surface area contributed by atoms with Crippen molar-refractivity contribution >= 4 is 0 Å². The minimum atomic E-state index is -1.30. The van der Waals surface area contributed by atoms with Crippen LogP contribution in [0.4, 0.5) is 0 Å². The number of fused-ring (bicyclic) bond motifs is 1. The molecule has 0 spiro atoms. The first kappa shape index (κ1) is 12.2. The fourth-order valence-electron chi connectivity index (χ4n) is 2.17.